The standard InChI is InChI=1S/C12H15ClF3N3/c1-8-5-3-2-4-6-19(8)10-7-9(12(14,15)16)17-11(13)18-10/h7-8H,2-6H2,1H3. The first-order chi connectivity index (χ1) is 8.88. The Balaban J connectivity index is 2.35. The predicted octanol–water partition coefficient (Wildman–Crippen LogP) is 3.92. The largest absolute Gasteiger partial charge is 0.433 e. The summed E-state index contributed by atoms with van der Waals surface area (Å²) in [7, 11) is 0. The fraction of sp³-hybridized carbons (Fsp3) is 0.667. The second-order valence-electron chi connectivity index (χ2n) is 4.77. The van der Waals surface area contributed by atoms with Crippen LogP contribution < -0.4 is 4.90 Å². The summed E-state index contributed by atoms with van der Waals surface area (Å²) >= 11 is 5.61. The Hall–Kier alpha value is -1.04. The van der Waals surface area contributed by atoms with E-state index >= 15 is 0 Å². The maximum Gasteiger partial charge on any atom is 0.433 e. The molecule has 0 radical (unpaired) electrons. The minimum absolute atomic E-state index is 0.162. The summed E-state index contributed by atoms with van der Waals surface area (Å²) < 4.78 is 38.2. The van der Waals surface area contributed by atoms with Crippen molar-refractivity contribution in [1.29, 1.82) is 0 Å². The van der Waals surface area contributed by atoms with Crippen LogP contribution in [0.25, 0.3) is 0 Å². The molecular formula is C12H15ClF3N3. The van der Waals surface area contributed by atoms with Gasteiger partial charge in [-0.05, 0) is 31.4 Å². The van der Waals surface area contributed by atoms with Crippen LogP contribution in [0, 0.1) is 0 Å². The molecule has 1 atom stereocenters. The Morgan fingerprint density at radius 2 is 2.00 bits per heavy atom. The molecule has 0 saturated carbocycles. The summed E-state index contributed by atoms with van der Waals surface area (Å²) in [5.74, 6) is 0.265. The van der Waals surface area contributed by atoms with Crippen molar-refractivity contribution in [2.24, 2.45) is 0 Å². The van der Waals surface area contributed by atoms with Crippen LogP contribution in [-0.4, -0.2) is 22.6 Å². The first-order valence-electron chi connectivity index (χ1n) is 6.26. The summed E-state index contributed by atoms with van der Waals surface area (Å²) in [5, 5.41) is -0.360. The summed E-state index contributed by atoms with van der Waals surface area (Å²) in [6.07, 6.45) is -0.429. The predicted molar refractivity (Wildman–Crippen MR) is 67.3 cm³/mol. The van der Waals surface area contributed by atoms with E-state index in [4.69, 9.17) is 11.6 Å². The van der Waals surface area contributed by atoms with E-state index < -0.39 is 11.9 Å². The van der Waals surface area contributed by atoms with Gasteiger partial charge in [0.05, 0.1) is 0 Å². The molecule has 0 N–H and O–H groups in total. The fourth-order valence-corrected chi connectivity index (χ4v) is 2.49. The third-order valence-electron chi connectivity index (χ3n) is 3.32. The molecule has 1 aromatic rings. The molecule has 0 aromatic carbocycles. The van der Waals surface area contributed by atoms with Crippen molar-refractivity contribution in [3.8, 4) is 0 Å². The lowest BCUT2D eigenvalue weighted by atomic mass is 10.1. The van der Waals surface area contributed by atoms with Gasteiger partial charge >= 0.3 is 6.18 Å². The molecule has 1 aromatic heterocycles. The maximum absolute atomic E-state index is 12.7. The highest BCUT2D eigenvalue weighted by atomic mass is 35.5. The Morgan fingerprint density at radius 1 is 1.26 bits per heavy atom. The van der Waals surface area contributed by atoms with Crippen LogP contribution in [0.1, 0.15) is 38.3 Å². The van der Waals surface area contributed by atoms with Gasteiger partial charge in [0.2, 0.25) is 5.28 Å². The first-order valence-corrected chi connectivity index (χ1v) is 6.64. The Morgan fingerprint density at radius 3 is 2.68 bits per heavy atom. The Labute approximate surface area is 114 Å². The normalized spacial score (nSPS) is 21.3. The molecule has 1 aliphatic rings. The molecule has 19 heavy (non-hydrogen) atoms. The zero-order chi connectivity index (χ0) is 14.0. The van der Waals surface area contributed by atoms with E-state index in [1.165, 1.54) is 0 Å². The maximum atomic E-state index is 12.7. The molecule has 2 rings (SSSR count). The third kappa shape index (κ3) is 3.49. The van der Waals surface area contributed by atoms with Gasteiger partial charge in [0.25, 0.3) is 0 Å². The van der Waals surface area contributed by atoms with Crippen LogP contribution in [0.15, 0.2) is 6.07 Å². The molecule has 1 saturated heterocycles. The minimum Gasteiger partial charge on any atom is -0.354 e. The van der Waals surface area contributed by atoms with Gasteiger partial charge in [0, 0.05) is 18.7 Å². The lowest BCUT2D eigenvalue weighted by molar-refractivity contribution is -0.141. The van der Waals surface area contributed by atoms with Crippen molar-refractivity contribution in [2.75, 3.05) is 11.4 Å². The average molecular weight is 294 g/mol. The number of anilines is 1. The smallest absolute Gasteiger partial charge is 0.354 e. The van der Waals surface area contributed by atoms with E-state index in [1.54, 1.807) is 0 Å². The van der Waals surface area contributed by atoms with Crippen molar-refractivity contribution in [3.05, 3.63) is 17.0 Å². The number of hydrogen-bond acceptors (Lipinski definition) is 3. The SMILES string of the molecule is CC1CCCCCN1c1cc(C(F)(F)F)nc(Cl)n1. The Kier molecular flexibility index (Phi) is 4.18. The highest BCUT2D eigenvalue weighted by Gasteiger charge is 2.34. The summed E-state index contributed by atoms with van der Waals surface area (Å²) in [6.45, 7) is 2.69. The molecular weight excluding hydrogens is 279 g/mol. The van der Waals surface area contributed by atoms with Gasteiger partial charge in [0.1, 0.15) is 5.82 Å². The van der Waals surface area contributed by atoms with Crippen LogP contribution in [0.4, 0.5) is 19.0 Å². The second kappa shape index (κ2) is 5.53. The molecule has 0 amide bonds. The van der Waals surface area contributed by atoms with Crippen molar-refractivity contribution in [1.82, 2.24) is 9.97 Å². The van der Waals surface area contributed by atoms with E-state index in [0.717, 1.165) is 31.7 Å². The topological polar surface area (TPSA) is 29.0 Å². The summed E-state index contributed by atoms with van der Waals surface area (Å²) in [4.78, 5) is 9.08. The van der Waals surface area contributed by atoms with Crippen LogP contribution in [-0.2, 0) is 6.18 Å². The average Bonchev–Trinajstić information content (AvgIpc) is 2.52. The van der Waals surface area contributed by atoms with Crippen molar-refractivity contribution in [3.63, 3.8) is 0 Å². The van der Waals surface area contributed by atoms with E-state index in [1.807, 2.05) is 11.8 Å². The van der Waals surface area contributed by atoms with E-state index in [0.29, 0.717) is 6.54 Å². The van der Waals surface area contributed by atoms with Crippen molar-refractivity contribution >= 4 is 17.4 Å². The van der Waals surface area contributed by atoms with Crippen LogP contribution >= 0.6 is 11.6 Å². The van der Waals surface area contributed by atoms with E-state index in [2.05, 4.69) is 9.97 Å². The fourth-order valence-electron chi connectivity index (χ4n) is 2.31. The highest BCUT2D eigenvalue weighted by molar-refractivity contribution is 6.28. The number of alkyl halides is 3. The van der Waals surface area contributed by atoms with Crippen LogP contribution in [0.5, 0.6) is 0 Å². The molecule has 0 bridgehead atoms. The van der Waals surface area contributed by atoms with Gasteiger partial charge < -0.3 is 4.90 Å². The zero-order valence-corrected chi connectivity index (χ0v) is 11.3. The molecule has 0 spiro atoms. The number of halogens is 4. The van der Waals surface area contributed by atoms with Gasteiger partial charge in [-0.2, -0.15) is 13.2 Å². The molecule has 1 aliphatic heterocycles. The summed E-state index contributed by atoms with van der Waals surface area (Å²) in [6, 6.07) is 1.14. The van der Waals surface area contributed by atoms with E-state index in [-0.39, 0.29) is 17.1 Å². The monoisotopic (exact) mass is 293 g/mol. The molecule has 2 heterocycles. The van der Waals surface area contributed by atoms with Gasteiger partial charge in [-0.3, -0.25) is 0 Å². The zero-order valence-electron chi connectivity index (χ0n) is 10.5. The number of nitrogens with zero attached hydrogens (tertiary/aromatic N) is 3. The highest BCUT2D eigenvalue weighted by Crippen LogP contribution is 2.32. The Bertz CT molecular complexity index is 450. The summed E-state index contributed by atoms with van der Waals surface area (Å²) in [5.41, 5.74) is -0.987. The minimum atomic E-state index is -4.50. The van der Waals surface area contributed by atoms with Gasteiger partial charge in [-0.25, -0.2) is 9.97 Å². The second-order valence-corrected chi connectivity index (χ2v) is 5.11. The molecule has 106 valence electrons. The van der Waals surface area contributed by atoms with Gasteiger partial charge in [0.15, 0.2) is 5.69 Å². The molecule has 3 nitrogen and oxygen atoms in total. The van der Waals surface area contributed by atoms with Crippen LogP contribution in [0.2, 0.25) is 5.28 Å². The number of aromatic nitrogens is 2. The van der Waals surface area contributed by atoms with E-state index in [9.17, 15) is 13.2 Å². The molecule has 1 unspecified atom stereocenters. The number of rotatable bonds is 1. The lowest BCUT2D eigenvalue weighted by Crippen LogP contribution is -2.33. The molecule has 1 fully saturated rings. The quantitative estimate of drug-likeness (QED) is 0.735. The third-order valence-corrected chi connectivity index (χ3v) is 3.49. The first kappa shape index (κ1) is 14.4. The van der Waals surface area contributed by atoms with Gasteiger partial charge in [-0.15, -0.1) is 0 Å². The molecule has 7 heteroatoms. The van der Waals surface area contributed by atoms with Crippen LogP contribution in [0.3, 0.4) is 0 Å². The van der Waals surface area contributed by atoms with Gasteiger partial charge in [-0.1, -0.05) is 12.8 Å². The van der Waals surface area contributed by atoms with Crippen molar-refractivity contribution in [2.45, 2.75) is 44.8 Å². The number of hydrogen-bond donors (Lipinski definition) is 0. The lowest BCUT2D eigenvalue weighted by Gasteiger charge is -2.28. The molecule has 0 aliphatic carbocycles. The van der Waals surface area contributed by atoms with Crippen molar-refractivity contribution < 1.29 is 13.2 Å².